The first kappa shape index (κ1) is 15.5. The number of benzene rings is 1. The Labute approximate surface area is 128 Å². The van der Waals surface area contributed by atoms with Crippen molar-refractivity contribution in [3.63, 3.8) is 0 Å². The first-order chi connectivity index (χ1) is 10.3. The third-order valence-electron chi connectivity index (χ3n) is 3.78. The van der Waals surface area contributed by atoms with E-state index < -0.39 is 0 Å². The van der Waals surface area contributed by atoms with Crippen LogP contribution in [0.4, 0.5) is 11.5 Å². The summed E-state index contributed by atoms with van der Waals surface area (Å²) >= 11 is 0. The van der Waals surface area contributed by atoms with Gasteiger partial charge in [-0.2, -0.15) is 0 Å². The Morgan fingerprint density at radius 1 is 1.14 bits per heavy atom. The standard InChI is InChI=1S/C18H25N3/c1-4-5-14-21(16-10-7-6-8-11-16)18-17(15(2)19-3)12-9-13-20-18/h6-13,15,19H,4-5,14H2,1-3H3. The lowest BCUT2D eigenvalue weighted by Crippen LogP contribution is -2.23. The maximum Gasteiger partial charge on any atom is 0.137 e. The van der Waals surface area contributed by atoms with E-state index in [-0.39, 0.29) is 6.04 Å². The van der Waals surface area contributed by atoms with E-state index in [1.54, 1.807) is 0 Å². The van der Waals surface area contributed by atoms with Crippen LogP contribution in [0.3, 0.4) is 0 Å². The molecule has 0 fully saturated rings. The average Bonchev–Trinajstić information content (AvgIpc) is 2.56. The molecule has 1 unspecified atom stereocenters. The van der Waals surface area contributed by atoms with E-state index in [9.17, 15) is 0 Å². The van der Waals surface area contributed by atoms with Crippen LogP contribution in [-0.2, 0) is 0 Å². The fourth-order valence-electron chi connectivity index (χ4n) is 2.41. The highest BCUT2D eigenvalue weighted by Crippen LogP contribution is 2.30. The largest absolute Gasteiger partial charge is 0.326 e. The topological polar surface area (TPSA) is 28.2 Å². The molecule has 1 atom stereocenters. The Morgan fingerprint density at radius 2 is 1.90 bits per heavy atom. The highest BCUT2D eigenvalue weighted by atomic mass is 15.2. The zero-order chi connectivity index (χ0) is 15.1. The number of rotatable bonds is 7. The van der Waals surface area contributed by atoms with Gasteiger partial charge in [0.2, 0.25) is 0 Å². The molecule has 0 saturated carbocycles. The van der Waals surface area contributed by atoms with Crippen molar-refractivity contribution in [1.29, 1.82) is 0 Å². The van der Waals surface area contributed by atoms with Crippen LogP contribution in [-0.4, -0.2) is 18.6 Å². The third-order valence-corrected chi connectivity index (χ3v) is 3.78. The SMILES string of the molecule is CCCCN(c1ccccc1)c1ncccc1C(C)NC. The number of aromatic nitrogens is 1. The Morgan fingerprint density at radius 3 is 2.57 bits per heavy atom. The summed E-state index contributed by atoms with van der Waals surface area (Å²) in [5, 5.41) is 3.32. The lowest BCUT2D eigenvalue weighted by molar-refractivity contribution is 0.646. The van der Waals surface area contributed by atoms with Crippen molar-refractivity contribution < 1.29 is 0 Å². The number of anilines is 2. The summed E-state index contributed by atoms with van der Waals surface area (Å²) in [5.41, 5.74) is 2.44. The molecule has 0 amide bonds. The van der Waals surface area contributed by atoms with Crippen LogP contribution in [0.1, 0.15) is 38.3 Å². The molecule has 1 aromatic carbocycles. The molecule has 0 aliphatic carbocycles. The van der Waals surface area contributed by atoms with Crippen molar-refractivity contribution in [2.45, 2.75) is 32.7 Å². The fraction of sp³-hybridized carbons (Fsp3) is 0.389. The van der Waals surface area contributed by atoms with Gasteiger partial charge in [-0.05, 0) is 38.6 Å². The predicted molar refractivity (Wildman–Crippen MR) is 90.1 cm³/mol. The van der Waals surface area contributed by atoms with E-state index in [0.29, 0.717) is 0 Å². The van der Waals surface area contributed by atoms with E-state index in [4.69, 9.17) is 0 Å². The zero-order valence-electron chi connectivity index (χ0n) is 13.2. The van der Waals surface area contributed by atoms with Gasteiger partial charge >= 0.3 is 0 Å². The van der Waals surface area contributed by atoms with Crippen molar-refractivity contribution in [2.75, 3.05) is 18.5 Å². The zero-order valence-corrected chi connectivity index (χ0v) is 13.2. The number of para-hydroxylation sites is 1. The van der Waals surface area contributed by atoms with Crippen LogP contribution < -0.4 is 10.2 Å². The number of hydrogen-bond acceptors (Lipinski definition) is 3. The molecule has 0 radical (unpaired) electrons. The molecule has 0 spiro atoms. The van der Waals surface area contributed by atoms with Crippen molar-refractivity contribution in [3.05, 3.63) is 54.2 Å². The third kappa shape index (κ3) is 3.82. The second-order valence-corrected chi connectivity index (χ2v) is 5.27. The van der Waals surface area contributed by atoms with E-state index in [0.717, 1.165) is 18.8 Å². The van der Waals surface area contributed by atoms with Crippen LogP contribution in [0, 0.1) is 0 Å². The number of hydrogen-bond donors (Lipinski definition) is 1. The summed E-state index contributed by atoms with van der Waals surface area (Å²) in [6.07, 6.45) is 4.20. The molecular weight excluding hydrogens is 258 g/mol. The second-order valence-electron chi connectivity index (χ2n) is 5.27. The highest BCUT2D eigenvalue weighted by molar-refractivity contribution is 5.63. The summed E-state index contributed by atoms with van der Waals surface area (Å²) in [6.45, 7) is 5.38. The summed E-state index contributed by atoms with van der Waals surface area (Å²) in [7, 11) is 1.99. The Bertz CT molecular complexity index is 539. The molecule has 1 aromatic heterocycles. The van der Waals surface area contributed by atoms with Gasteiger partial charge in [0, 0.05) is 30.0 Å². The van der Waals surface area contributed by atoms with Gasteiger partial charge in [-0.3, -0.25) is 0 Å². The molecule has 3 nitrogen and oxygen atoms in total. The van der Waals surface area contributed by atoms with Gasteiger partial charge in [0.25, 0.3) is 0 Å². The number of pyridine rings is 1. The Hall–Kier alpha value is -1.87. The van der Waals surface area contributed by atoms with Gasteiger partial charge in [-0.1, -0.05) is 37.6 Å². The molecule has 0 bridgehead atoms. The minimum Gasteiger partial charge on any atom is -0.326 e. The van der Waals surface area contributed by atoms with Gasteiger partial charge in [0.15, 0.2) is 0 Å². The smallest absolute Gasteiger partial charge is 0.137 e. The first-order valence-corrected chi connectivity index (χ1v) is 7.72. The van der Waals surface area contributed by atoms with E-state index in [2.05, 4.69) is 65.4 Å². The molecule has 0 aliphatic rings. The molecule has 21 heavy (non-hydrogen) atoms. The normalized spacial score (nSPS) is 12.1. The summed E-state index contributed by atoms with van der Waals surface area (Å²) in [5.74, 6) is 1.05. The molecule has 1 N–H and O–H groups in total. The molecule has 2 aromatic rings. The number of unbranched alkanes of at least 4 members (excludes halogenated alkanes) is 1. The van der Waals surface area contributed by atoms with Crippen molar-refractivity contribution in [1.82, 2.24) is 10.3 Å². The highest BCUT2D eigenvalue weighted by Gasteiger charge is 2.17. The Kier molecular flexibility index (Phi) is 5.76. The lowest BCUT2D eigenvalue weighted by Gasteiger charge is -2.27. The van der Waals surface area contributed by atoms with Crippen molar-refractivity contribution in [3.8, 4) is 0 Å². The fourth-order valence-corrected chi connectivity index (χ4v) is 2.41. The quantitative estimate of drug-likeness (QED) is 0.821. The van der Waals surface area contributed by atoms with Crippen LogP contribution >= 0.6 is 0 Å². The van der Waals surface area contributed by atoms with Gasteiger partial charge in [-0.15, -0.1) is 0 Å². The van der Waals surface area contributed by atoms with Gasteiger partial charge < -0.3 is 10.2 Å². The van der Waals surface area contributed by atoms with E-state index in [1.165, 1.54) is 17.7 Å². The Balaban J connectivity index is 2.42. The molecule has 0 aliphatic heterocycles. The first-order valence-electron chi connectivity index (χ1n) is 7.72. The molecular formula is C18H25N3. The van der Waals surface area contributed by atoms with Crippen LogP contribution in [0.2, 0.25) is 0 Å². The van der Waals surface area contributed by atoms with Gasteiger partial charge in [0.05, 0.1) is 0 Å². The van der Waals surface area contributed by atoms with Gasteiger partial charge in [-0.25, -0.2) is 4.98 Å². The van der Waals surface area contributed by atoms with Crippen LogP contribution in [0.5, 0.6) is 0 Å². The van der Waals surface area contributed by atoms with Gasteiger partial charge in [0.1, 0.15) is 5.82 Å². The monoisotopic (exact) mass is 283 g/mol. The van der Waals surface area contributed by atoms with Crippen LogP contribution in [0.15, 0.2) is 48.7 Å². The van der Waals surface area contributed by atoms with Crippen molar-refractivity contribution in [2.24, 2.45) is 0 Å². The van der Waals surface area contributed by atoms with Crippen LogP contribution in [0.25, 0.3) is 0 Å². The van der Waals surface area contributed by atoms with E-state index in [1.807, 2.05) is 19.3 Å². The minimum atomic E-state index is 0.279. The molecule has 3 heteroatoms. The summed E-state index contributed by atoms with van der Waals surface area (Å²) < 4.78 is 0. The second kappa shape index (κ2) is 7.79. The summed E-state index contributed by atoms with van der Waals surface area (Å²) in [4.78, 5) is 6.99. The predicted octanol–water partition coefficient (Wildman–Crippen LogP) is 4.30. The number of nitrogens with zero attached hydrogens (tertiary/aromatic N) is 2. The maximum atomic E-state index is 4.66. The number of nitrogens with one attached hydrogen (secondary N) is 1. The molecule has 2 rings (SSSR count). The maximum absolute atomic E-state index is 4.66. The van der Waals surface area contributed by atoms with Crippen molar-refractivity contribution >= 4 is 11.5 Å². The van der Waals surface area contributed by atoms with E-state index >= 15 is 0 Å². The molecule has 112 valence electrons. The average molecular weight is 283 g/mol. The lowest BCUT2D eigenvalue weighted by atomic mass is 10.1. The summed E-state index contributed by atoms with van der Waals surface area (Å²) in [6, 6.07) is 15.0. The molecule has 1 heterocycles. The minimum absolute atomic E-state index is 0.279. The molecule has 0 saturated heterocycles.